The van der Waals surface area contributed by atoms with Crippen LogP contribution in [-0.2, 0) is 4.79 Å². The molecule has 0 bridgehead atoms. The maximum absolute atomic E-state index is 12.5. The van der Waals surface area contributed by atoms with Crippen molar-refractivity contribution in [2.75, 3.05) is 13.2 Å². The van der Waals surface area contributed by atoms with E-state index in [1.807, 2.05) is 61.5 Å². The zero-order valence-electron chi connectivity index (χ0n) is 14.4. The molecular weight excluding hydrogens is 328 g/mol. The second-order valence-corrected chi connectivity index (χ2v) is 6.41. The summed E-state index contributed by atoms with van der Waals surface area (Å²) in [7, 11) is 0. The number of rotatable bonds is 4. The maximum Gasteiger partial charge on any atom is 0.372 e. The monoisotopic (exact) mass is 347 g/mol. The quantitative estimate of drug-likeness (QED) is 0.563. The van der Waals surface area contributed by atoms with E-state index < -0.39 is 0 Å². The number of hydrogen-bond donors (Lipinski definition) is 2. The van der Waals surface area contributed by atoms with Gasteiger partial charge in [-0.1, -0.05) is 41.6 Å². The number of carbonyl (C=O) groups is 1. The SMILES string of the molecule is Cc1ccc2c(c1)C(=NO)C(=O)[NH+]2CCOc1ccc2ccccc2c1. The van der Waals surface area contributed by atoms with E-state index in [1.165, 1.54) is 0 Å². The highest BCUT2D eigenvalue weighted by Gasteiger charge is 2.40. The van der Waals surface area contributed by atoms with Crippen LogP contribution in [-0.4, -0.2) is 30.0 Å². The standard InChI is InChI=1S/C21H18N2O3/c1-14-6-9-19-18(12-14)20(22-25)21(24)23(19)10-11-26-17-8-7-15-4-2-3-5-16(15)13-17/h2-9,12-13,25H,10-11H2,1H3/p+1. The molecule has 4 rings (SSSR count). The van der Waals surface area contributed by atoms with Crippen molar-refractivity contribution in [3.05, 3.63) is 71.8 Å². The summed E-state index contributed by atoms with van der Waals surface area (Å²) < 4.78 is 5.86. The molecule has 1 heterocycles. The molecule has 3 aromatic carbocycles. The first-order valence-electron chi connectivity index (χ1n) is 8.53. The Labute approximate surface area is 151 Å². The van der Waals surface area contributed by atoms with Crippen molar-refractivity contribution in [1.82, 2.24) is 0 Å². The van der Waals surface area contributed by atoms with E-state index >= 15 is 0 Å². The molecule has 1 aliphatic rings. The number of amides is 1. The number of hydrogen-bond acceptors (Lipinski definition) is 4. The summed E-state index contributed by atoms with van der Waals surface area (Å²) in [4.78, 5) is 13.2. The first-order valence-corrected chi connectivity index (χ1v) is 8.53. The zero-order valence-corrected chi connectivity index (χ0v) is 14.4. The fourth-order valence-corrected chi connectivity index (χ4v) is 3.38. The topological polar surface area (TPSA) is 63.3 Å². The predicted molar refractivity (Wildman–Crippen MR) is 99.4 cm³/mol. The molecule has 0 fully saturated rings. The number of aryl methyl sites for hydroxylation is 1. The largest absolute Gasteiger partial charge is 0.488 e. The third-order valence-electron chi connectivity index (χ3n) is 4.69. The molecule has 130 valence electrons. The van der Waals surface area contributed by atoms with Crippen LogP contribution in [0.25, 0.3) is 10.8 Å². The van der Waals surface area contributed by atoms with E-state index in [4.69, 9.17) is 4.74 Å². The van der Waals surface area contributed by atoms with Gasteiger partial charge < -0.3 is 9.94 Å². The first-order chi connectivity index (χ1) is 12.7. The summed E-state index contributed by atoms with van der Waals surface area (Å²) in [5, 5.41) is 14.7. The smallest absolute Gasteiger partial charge is 0.372 e. The van der Waals surface area contributed by atoms with E-state index in [9.17, 15) is 10.0 Å². The Morgan fingerprint density at radius 3 is 2.65 bits per heavy atom. The van der Waals surface area contributed by atoms with Crippen LogP contribution in [0.15, 0.2) is 65.8 Å². The van der Waals surface area contributed by atoms with Crippen LogP contribution in [0.2, 0.25) is 0 Å². The molecule has 1 aliphatic heterocycles. The number of fused-ring (bicyclic) bond motifs is 2. The Morgan fingerprint density at radius 2 is 1.85 bits per heavy atom. The van der Waals surface area contributed by atoms with Crippen LogP contribution in [0.4, 0.5) is 5.69 Å². The van der Waals surface area contributed by atoms with Crippen LogP contribution in [0.5, 0.6) is 5.75 Å². The van der Waals surface area contributed by atoms with Gasteiger partial charge in [-0.3, -0.25) is 0 Å². The molecule has 0 spiro atoms. The number of oxime groups is 1. The Bertz CT molecular complexity index is 1030. The number of carbonyl (C=O) groups excluding carboxylic acids is 1. The highest BCUT2D eigenvalue weighted by atomic mass is 16.5. The molecule has 0 radical (unpaired) electrons. The van der Waals surface area contributed by atoms with E-state index in [2.05, 4.69) is 11.2 Å². The van der Waals surface area contributed by atoms with Gasteiger partial charge in [0.05, 0.1) is 5.56 Å². The van der Waals surface area contributed by atoms with Gasteiger partial charge in [0.1, 0.15) is 24.6 Å². The molecule has 0 aromatic heterocycles. The van der Waals surface area contributed by atoms with Crippen molar-refractivity contribution in [2.45, 2.75) is 6.92 Å². The summed E-state index contributed by atoms with van der Waals surface area (Å²) in [6.45, 7) is 2.78. The van der Waals surface area contributed by atoms with Gasteiger partial charge >= 0.3 is 5.91 Å². The minimum absolute atomic E-state index is 0.115. The Morgan fingerprint density at radius 1 is 1.04 bits per heavy atom. The minimum atomic E-state index is -0.227. The summed E-state index contributed by atoms with van der Waals surface area (Å²) in [6, 6.07) is 19.8. The number of ether oxygens (including phenoxy) is 1. The van der Waals surface area contributed by atoms with Gasteiger partial charge in [-0.2, -0.15) is 0 Å². The fraction of sp³-hybridized carbons (Fsp3) is 0.143. The molecule has 0 aliphatic carbocycles. The van der Waals surface area contributed by atoms with Crippen LogP contribution < -0.4 is 9.64 Å². The molecule has 26 heavy (non-hydrogen) atoms. The van der Waals surface area contributed by atoms with Crippen molar-refractivity contribution >= 4 is 28.1 Å². The second-order valence-electron chi connectivity index (χ2n) is 6.41. The van der Waals surface area contributed by atoms with Gasteiger partial charge in [0.15, 0.2) is 0 Å². The molecule has 0 saturated carbocycles. The zero-order chi connectivity index (χ0) is 18.1. The fourth-order valence-electron chi connectivity index (χ4n) is 3.38. The lowest BCUT2D eigenvalue weighted by molar-refractivity contribution is -0.742. The minimum Gasteiger partial charge on any atom is -0.488 e. The molecule has 3 aromatic rings. The maximum atomic E-state index is 12.5. The lowest BCUT2D eigenvalue weighted by Gasteiger charge is -2.12. The first kappa shape index (κ1) is 16.3. The average Bonchev–Trinajstić information content (AvgIpc) is 2.92. The third-order valence-corrected chi connectivity index (χ3v) is 4.69. The molecule has 1 atom stereocenters. The third kappa shape index (κ3) is 2.82. The summed E-state index contributed by atoms with van der Waals surface area (Å²) in [6.07, 6.45) is 0. The van der Waals surface area contributed by atoms with E-state index in [0.717, 1.165) is 27.8 Å². The van der Waals surface area contributed by atoms with Crippen molar-refractivity contribution in [2.24, 2.45) is 5.16 Å². The molecule has 5 heteroatoms. The predicted octanol–water partition coefficient (Wildman–Crippen LogP) is 2.46. The van der Waals surface area contributed by atoms with Gasteiger partial charge in [0.25, 0.3) is 0 Å². The van der Waals surface area contributed by atoms with Crippen molar-refractivity contribution in [3.63, 3.8) is 0 Å². The van der Waals surface area contributed by atoms with Gasteiger partial charge in [-0.15, -0.1) is 0 Å². The van der Waals surface area contributed by atoms with E-state index in [1.54, 1.807) is 0 Å². The lowest BCUT2D eigenvalue weighted by Crippen LogP contribution is -3.09. The van der Waals surface area contributed by atoms with Gasteiger partial charge in [0.2, 0.25) is 5.71 Å². The normalized spacial score (nSPS) is 17.7. The van der Waals surface area contributed by atoms with E-state index in [0.29, 0.717) is 23.6 Å². The summed E-state index contributed by atoms with van der Waals surface area (Å²) >= 11 is 0. The number of nitrogens with one attached hydrogen (secondary N) is 1. The Balaban J connectivity index is 1.50. The van der Waals surface area contributed by atoms with Crippen LogP contribution in [0.3, 0.4) is 0 Å². The van der Waals surface area contributed by atoms with Crippen molar-refractivity contribution in [3.8, 4) is 5.75 Å². The summed E-state index contributed by atoms with van der Waals surface area (Å²) in [5.74, 6) is 0.546. The molecule has 0 saturated heterocycles. The van der Waals surface area contributed by atoms with Gasteiger partial charge in [-0.25, -0.2) is 9.69 Å². The highest BCUT2D eigenvalue weighted by Crippen LogP contribution is 2.21. The van der Waals surface area contributed by atoms with Gasteiger partial charge in [-0.05, 0) is 41.5 Å². The molecule has 1 amide bonds. The van der Waals surface area contributed by atoms with Crippen LogP contribution in [0, 0.1) is 6.92 Å². The number of quaternary nitrogens is 1. The average molecular weight is 347 g/mol. The van der Waals surface area contributed by atoms with Crippen LogP contribution in [0.1, 0.15) is 11.1 Å². The molecule has 1 unspecified atom stereocenters. The Hall–Kier alpha value is -3.18. The van der Waals surface area contributed by atoms with Crippen molar-refractivity contribution < 1.29 is 19.6 Å². The van der Waals surface area contributed by atoms with E-state index in [-0.39, 0.29) is 11.6 Å². The number of nitrogens with zero attached hydrogens (tertiary/aromatic N) is 1. The summed E-state index contributed by atoms with van der Waals surface area (Å²) in [5.41, 5.74) is 2.66. The lowest BCUT2D eigenvalue weighted by atomic mass is 10.1. The number of benzene rings is 3. The highest BCUT2D eigenvalue weighted by molar-refractivity contribution is 6.45. The van der Waals surface area contributed by atoms with Gasteiger partial charge in [0, 0.05) is 6.07 Å². The van der Waals surface area contributed by atoms with Crippen molar-refractivity contribution in [1.29, 1.82) is 0 Å². The Kier molecular flexibility index (Phi) is 4.14. The molecular formula is C21H19N2O3+. The molecule has 5 nitrogen and oxygen atoms in total. The van der Waals surface area contributed by atoms with Crippen LogP contribution >= 0.6 is 0 Å². The molecule has 2 N–H and O–H groups in total. The second kappa shape index (κ2) is 6.61.